The summed E-state index contributed by atoms with van der Waals surface area (Å²) in [6.45, 7) is 2.17. The summed E-state index contributed by atoms with van der Waals surface area (Å²) in [5.74, 6) is 1.14. The van der Waals surface area contributed by atoms with Gasteiger partial charge in [0, 0.05) is 30.5 Å². The smallest absolute Gasteiger partial charge is 0.252 e. The molecule has 25 heavy (non-hydrogen) atoms. The predicted molar refractivity (Wildman–Crippen MR) is 102 cm³/mol. The van der Waals surface area contributed by atoms with Crippen LogP contribution in [-0.2, 0) is 22.6 Å². The number of hydrogen-bond donors (Lipinski definition) is 0. The van der Waals surface area contributed by atoms with Crippen LogP contribution in [0.5, 0.6) is 0 Å². The van der Waals surface area contributed by atoms with Gasteiger partial charge in [0.25, 0.3) is 5.91 Å². The molecule has 0 radical (unpaired) electrons. The third kappa shape index (κ3) is 3.75. The molecular weight excluding hydrogens is 330 g/mol. The van der Waals surface area contributed by atoms with Gasteiger partial charge in [0.15, 0.2) is 0 Å². The molecule has 130 valence electrons. The van der Waals surface area contributed by atoms with Gasteiger partial charge in [-0.25, -0.2) is 0 Å². The molecule has 1 fully saturated rings. The Morgan fingerprint density at radius 3 is 2.60 bits per heavy atom. The molecule has 2 aliphatic rings. The lowest BCUT2D eigenvalue weighted by molar-refractivity contribution is -0.145. The normalized spacial score (nSPS) is 23.6. The van der Waals surface area contributed by atoms with Crippen LogP contribution >= 0.6 is 11.8 Å². The summed E-state index contributed by atoms with van der Waals surface area (Å²) in [4.78, 5) is 15.0. The zero-order valence-corrected chi connectivity index (χ0v) is 15.1. The van der Waals surface area contributed by atoms with Crippen molar-refractivity contribution in [3.63, 3.8) is 0 Å². The topological polar surface area (TPSA) is 29.5 Å². The van der Waals surface area contributed by atoms with Crippen LogP contribution in [-0.4, -0.2) is 35.8 Å². The Labute approximate surface area is 153 Å². The summed E-state index contributed by atoms with van der Waals surface area (Å²) >= 11 is 1.96. The SMILES string of the molecule is O=C(C1Cc2ccccc2CO1)N1CCSC(c2ccccc2)CC1. The fourth-order valence-corrected chi connectivity index (χ4v) is 4.87. The van der Waals surface area contributed by atoms with Crippen molar-refractivity contribution < 1.29 is 9.53 Å². The van der Waals surface area contributed by atoms with Crippen molar-refractivity contribution >= 4 is 17.7 Å². The van der Waals surface area contributed by atoms with Crippen LogP contribution in [0.1, 0.15) is 28.4 Å². The average Bonchev–Trinajstić information content (AvgIpc) is 2.94. The summed E-state index contributed by atoms with van der Waals surface area (Å²) in [6, 6.07) is 18.9. The Hall–Kier alpha value is -1.78. The zero-order valence-electron chi connectivity index (χ0n) is 14.3. The molecule has 1 amide bonds. The number of nitrogens with zero attached hydrogens (tertiary/aromatic N) is 1. The van der Waals surface area contributed by atoms with Gasteiger partial charge in [0.1, 0.15) is 6.10 Å². The molecular formula is C21H23NO2S. The zero-order chi connectivity index (χ0) is 17.1. The Morgan fingerprint density at radius 2 is 1.76 bits per heavy atom. The molecule has 0 spiro atoms. The first-order valence-corrected chi connectivity index (χ1v) is 10.00. The summed E-state index contributed by atoms with van der Waals surface area (Å²) in [5.41, 5.74) is 3.82. The van der Waals surface area contributed by atoms with Crippen molar-refractivity contribution in [3.05, 3.63) is 71.3 Å². The summed E-state index contributed by atoms with van der Waals surface area (Å²) in [6.07, 6.45) is 1.37. The van der Waals surface area contributed by atoms with Crippen LogP contribution in [0.4, 0.5) is 0 Å². The number of amides is 1. The van der Waals surface area contributed by atoms with Gasteiger partial charge in [0.05, 0.1) is 6.61 Å². The van der Waals surface area contributed by atoms with Crippen LogP contribution in [0.25, 0.3) is 0 Å². The fourth-order valence-electron chi connectivity index (χ4n) is 3.63. The second-order valence-corrected chi connectivity index (χ2v) is 7.97. The van der Waals surface area contributed by atoms with Gasteiger partial charge in [-0.1, -0.05) is 54.6 Å². The molecule has 2 aromatic carbocycles. The third-order valence-electron chi connectivity index (χ3n) is 5.06. The lowest BCUT2D eigenvalue weighted by Gasteiger charge is -2.29. The van der Waals surface area contributed by atoms with E-state index in [4.69, 9.17) is 4.74 Å². The summed E-state index contributed by atoms with van der Waals surface area (Å²) < 4.78 is 5.87. The monoisotopic (exact) mass is 353 g/mol. The van der Waals surface area contributed by atoms with Crippen LogP contribution in [0.2, 0.25) is 0 Å². The van der Waals surface area contributed by atoms with E-state index in [-0.39, 0.29) is 12.0 Å². The van der Waals surface area contributed by atoms with Gasteiger partial charge < -0.3 is 9.64 Å². The molecule has 2 atom stereocenters. The predicted octanol–water partition coefficient (Wildman–Crippen LogP) is 3.83. The van der Waals surface area contributed by atoms with Crippen molar-refractivity contribution in [1.82, 2.24) is 4.90 Å². The van der Waals surface area contributed by atoms with Gasteiger partial charge in [-0.3, -0.25) is 4.79 Å². The van der Waals surface area contributed by atoms with Crippen LogP contribution in [0, 0.1) is 0 Å². The molecule has 0 N–H and O–H groups in total. The van der Waals surface area contributed by atoms with E-state index >= 15 is 0 Å². The van der Waals surface area contributed by atoms with Crippen molar-refractivity contribution in [2.75, 3.05) is 18.8 Å². The number of rotatable bonds is 2. The Bertz CT molecular complexity index is 734. The van der Waals surface area contributed by atoms with Crippen molar-refractivity contribution in [2.24, 2.45) is 0 Å². The summed E-state index contributed by atoms with van der Waals surface area (Å²) in [7, 11) is 0. The molecule has 2 aromatic rings. The van der Waals surface area contributed by atoms with Crippen LogP contribution < -0.4 is 0 Å². The minimum Gasteiger partial charge on any atom is -0.363 e. The number of benzene rings is 2. The highest BCUT2D eigenvalue weighted by Crippen LogP contribution is 2.34. The van der Waals surface area contributed by atoms with E-state index in [1.54, 1.807) is 0 Å². The Kier molecular flexibility index (Phi) is 5.09. The van der Waals surface area contributed by atoms with Crippen molar-refractivity contribution in [2.45, 2.75) is 30.8 Å². The quantitative estimate of drug-likeness (QED) is 0.822. The van der Waals surface area contributed by atoms with E-state index < -0.39 is 0 Å². The number of carbonyl (C=O) groups excluding carboxylic acids is 1. The second-order valence-electron chi connectivity index (χ2n) is 6.66. The molecule has 4 heteroatoms. The third-order valence-corrected chi connectivity index (χ3v) is 6.39. The Morgan fingerprint density at radius 1 is 1.00 bits per heavy atom. The highest BCUT2D eigenvalue weighted by atomic mass is 32.2. The van der Waals surface area contributed by atoms with E-state index in [0.717, 1.165) is 25.3 Å². The number of carbonyl (C=O) groups is 1. The molecule has 2 unspecified atom stereocenters. The Balaban J connectivity index is 1.40. The molecule has 0 aromatic heterocycles. The maximum absolute atomic E-state index is 13.0. The molecule has 2 heterocycles. The van der Waals surface area contributed by atoms with E-state index in [2.05, 4.69) is 42.5 Å². The molecule has 0 saturated carbocycles. The lowest BCUT2D eigenvalue weighted by Crippen LogP contribution is -2.43. The maximum Gasteiger partial charge on any atom is 0.252 e. The second kappa shape index (κ2) is 7.63. The standard InChI is InChI=1S/C21H23NO2S/c23-21(19-14-17-8-4-5-9-18(17)15-24-19)22-11-10-20(25-13-12-22)16-6-2-1-3-7-16/h1-9,19-20H,10-15H2. The molecule has 0 bridgehead atoms. The minimum atomic E-state index is -0.326. The lowest BCUT2D eigenvalue weighted by atomic mass is 9.98. The fraction of sp³-hybridized carbons (Fsp3) is 0.381. The first-order chi connectivity index (χ1) is 12.3. The van der Waals surface area contributed by atoms with Gasteiger partial charge in [-0.15, -0.1) is 0 Å². The van der Waals surface area contributed by atoms with E-state index in [9.17, 15) is 4.79 Å². The van der Waals surface area contributed by atoms with Gasteiger partial charge in [0.2, 0.25) is 0 Å². The van der Waals surface area contributed by atoms with E-state index in [1.165, 1.54) is 16.7 Å². The van der Waals surface area contributed by atoms with Gasteiger partial charge in [-0.05, 0) is 23.1 Å². The van der Waals surface area contributed by atoms with Crippen LogP contribution in [0.15, 0.2) is 54.6 Å². The van der Waals surface area contributed by atoms with Crippen molar-refractivity contribution in [1.29, 1.82) is 0 Å². The van der Waals surface area contributed by atoms with Crippen molar-refractivity contribution in [3.8, 4) is 0 Å². The number of fused-ring (bicyclic) bond motifs is 1. The largest absolute Gasteiger partial charge is 0.363 e. The van der Waals surface area contributed by atoms with Gasteiger partial charge >= 0.3 is 0 Å². The minimum absolute atomic E-state index is 0.156. The highest BCUT2D eigenvalue weighted by molar-refractivity contribution is 7.99. The number of thioether (sulfide) groups is 1. The average molecular weight is 353 g/mol. The highest BCUT2D eigenvalue weighted by Gasteiger charge is 2.30. The number of ether oxygens (including phenoxy) is 1. The van der Waals surface area contributed by atoms with Gasteiger partial charge in [-0.2, -0.15) is 11.8 Å². The molecule has 0 aliphatic carbocycles. The first kappa shape index (κ1) is 16.7. The van der Waals surface area contributed by atoms with E-state index in [0.29, 0.717) is 18.3 Å². The molecule has 2 aliphatic heterocycles. The summed E-state index contributed by atoms with van der Waals surface area (Å²) in [5, 5.41) is 0.479. The molecule has 4 rings (SSSR count). The maximum atomic E-state index is 13.0. The first-order valence-electron chi connectivity index (χ1n) is 8.95. The molecule has 1 saturated heterocycles. The number of hydrogen-bond acceptors (Lipinski definition) is 3. The van der Waals surface area contributed by atoms with E-state index in [1.807, 2.05) is 28.8 Å². The van der Waals surface area contributed by atoms with Crippen LogP contribution in [0.3, 0.4) is 0 Å². The molecule has 3 nitrogen and oxygen atoms in total.